The second kappa shape index (κ2) is 12.7. The standard InChI is InChI=1S/C17H36O2S/c1-4-6-8-10-13-17(14-11-9-7-5-2)15-12-16-20(3,18)19/h17H,4-16H2,1-3H3. The maximum absolute atomic E-state index is 11.2. The summed E-state index contributed by atoms with van der Waals surface area (Å²) in [5, 5.41) is 0. The van der Waals surface area contributed by atoms with E-state index in [4.69, 9.17) is 0 Å². The van der Waals surface area contributed by atoms with Gasteiger partial charge in [-0.1, -0.05) is 78.1 Å². The number of hydrogen-bond acceptors (Lipinski definition) is 2. The minimum absolute atomic E-state index is 0.368. The molecule has 0 rings (SSSR count). The van der Waals surface area contributed by atoms with Gasteiger partial charge >= 0.3 is 0 Å². The first-order valence-electron chi connectivity index (χ1n) is 8.67. The first-order chi connectivity index (χ1) is 9.49. The van der Waals surface area contributed by atoms with E-state index in [0.717, 1.165) is 18.8 Å². The second-order valence-electron chi connectivity index (χ2n) is 6.34. The molecule has 0 bridgehead atoms. The predicted octanol–water partition coefficient (Wildman–Crippen LogP) is 5.37. The Morgan fingerprint density at radius 3 is 1.55 bits per heavy atom. The fourth-order valence-electron chi connectivity index (χ4n) is 2.79. The molecule has 0 radical (unpaired) electrons. The lowest BCUT2D eigenvalue weighted by atomic mass is 9.91. The van der Waals surface area contributed by atoms with E-state index in [1.54, 1.807) is 0 Å². The van der Waals surface area contributed by atoms with Gasteiger partial charge in [0.1, 0.15) is 9.84 Å². The summed E-state index contributed by atoms with van der Waals surface area (Å²) in [6, 6.07) is 0. The molecule has 20 heavy (non-hydrogen) atoms. The Bertz CT molecular complexity index is 284. The highest BCUT2D eigenvalue weighted by atomic mass is 32.2. The third-order valence-corrected chi connectivity index (χ3v) is 5.09. The van der Waals surface area contributed by atoms with Crippen LogP contribution in [0.5, 0.6) is 0 Å². The van der Waals surface area contributed by atoms with Gasteiger partial charge in [-0.25, -0.2) is 8.42 Å². The molecular weight excluding hydrogens is 268 g/mol. The van der Waals surface area contributed by atoms with E-state index in [2.05, 4.69) is 13.8 Å². The number of unbranched alkanes of at least 4 members (excludes halogenated alkanes) is 6. The summed E-state index contributed by atoms with van der Waals surface area (Å²) in [5.74, 6) is 1.12. The molecule has 2 nitrogen and oxygen atoms in total. The Hall–Kier alpha value is -0.0500. The van der Waals surface area contributed by atoms with E-state index in [9.17, 15) is 8.42 Å². The summed E-state index contributed by atoms with van der Waals surface area (Å²) in [5.41, 5.74) is 0. The van der Waals surface area contributed by atoms with Crippen molar-refractivity contribution in [1.82, 2.24) is 0 Å². The average Bonchev–Trinajstić information content (AvgIpc) is 2.37. The molecule has 0 saturated heterocycles. The van der Waals surface area contributed by atoms with Crippen LogP contribution in [0.1, 0.15) is 90.9 Å². The van der Waals surface area contributed by atoms with Crippen molar-refractivity contribution in [3.8, 4) is 0 Å². The number of sulfone groups is 1. The Morgan fingerprint density at radius 1 is 0.700 bits per heavy atom. The van der Waals surface area contributed by atoms with Crippen LogP contribution >= 0.6 is 0 Å². The summed E-state index contributed by atoms with van der Waals surface area (Å²) in [7, 11) is -2.78. The molecule has 0 aromatic carbocycles. The van der Waals surface area contributed by atoms with E-state index >= 15 is 0 Å². The van der Waals surface area contributed by atoms with Crippen LogP contribution in [0.4, 0.5) is 0 Å². The summed E-state index contributed by atoms with van der Waals surface area (Å²) in [6.07, 6.45) is 16.5. The van der Waals surface area contributed by atoms with Crippen LogP contribution in [0.25, 0.3) is 0 Å². The van der Waals surface area contributed by atoms with Crippen LogP contribution in [0.2, 0.25) is 0 Å². The molecule has 0 N–H and O–H groups in total. The van der Waals surface area contributed by atoms with Crippen LogP contribution in [-0.2, 0) is 9.84 Å². The van der Waals surface area contributed by atoms with Gasteiger partial charge < -0.3 is 0 Å². The fraction of sp³-hybridized carbons (Fsp3) is 1.00. The second-order valence-corrected chi connectivity index (χ2v) is 8.60. The van der Waals surface area contributed by atoms with Crippen molar-refractivity contribution in [2.75, 3.05) is 12.0 Å². The van der Waals surface area contributed by atoms with Crippen molar-refractivity contribution in [2.24, 2.45) is 5.92 Å². The Kier molecular flexibility index (Phi) is 12.6. The molecule has 0 aliphatic rings. The molecule has 122 valence electrons. The molecule has 0 saturated carbocycles. The lowest BCUT2D eigenvalue weighted by Crippen LogP contribution is -2.07. The van der Waals surface area contributed by atoms with Gasteiger partial charge in [0.15, 0.2) is 0 Å². The minimum atomic E-state index is -2.78. The first-order valence-corrected chi connectivity index (χ1v) is 10.7. The first kappa shape index (κ1) is 19.9. The zero-order chi connectivity index (χ0) is 15.3. The maximum atomic E-state index is 11.2. The quantitative estimate of drug-likeness (QED) is 0.404. The monoisotopic (exact) mass is 304 g/mol. The average molecular weight is 305 g/mol. The zero-order valence-corrected chi connectivity index (χ0v) is 14.8. The van der Waals surface area contributed by atoms with E-state index in [1.807, 2.05) is 0 Å². The van der Waals surface area contributed by atoms with Gasteiger partial charge in [0, 0.05) is 12.0 Å². The van der Waals surface area contributed by atoms with Gasteiger partial charge in [-0.2, -0.15) is 0 Å². The van der Waals surface area contributed by atoms with E-state index in [1.165, 1.54) is 70.5 Å². The molecule has 0 aliphatic carbocycles. The van der Waals surface area contributed by atoms with Crippen LogP contribution in [0, 0.1) is 5.92 Å². The molecule has 0 aromatic rings. The lowest BCUT2D eigenvalue weighted by molar-refractivity contribution is 0.379. The Labute approximate surface area is 127 Å². The third kappa shape index (κ3) is 14.4. The molecule has 0 spiro atoms. The van der Waals surface area contributed by atoms with E-state index in [0.29, 0.717) is 5.75 Å². The highest BCUT2D eigenvalue weighted by Gasteiger charge is 2.10. The smallest absolute Gasteiger partial charge is 0.147 e. The lowest BCUT2D eigenvalue weighted by Gasteiger charge is -2.16. The van der Waals surface area contributed by atoms with Gasteiger partial charge in [-0.3, -0.25) is 0 Å². The number of hydrogen-bond donors (Lipinski definition) is 0. The van der Waals surface area contributed by atoms with Crippen LogP contribution in [-0.4, -0.2) is 20.4 Å². The molecule has 3 heteroatoms. The maximum Gasteiger partial charge on any atom is 0.147 e. The van der Waals surface area contributed by atoms with Gasteiger partial charge in [-0.15, -0.1) is 0 Å². The summed E-state index contributed by atoms with van der Waals surface area (Å²) >= 11 is 0. The summed E-state index contributed by atoms with van der Waals surface area (Å²) < 4.78 is 22.4. The van der Waals surface area contributed by atoms with Crippen molar-refractivity contribution >= 4 is 9.84 Å². The molecule has 0 aromatic heterocycles. The minimum Gasteiger partial charge on any atom is -0.229 e. The van der Waals surface area contributed by atoms with Gasteiger partial charge in [0.25, 0.3) is 0 Å². The molecule has 0 fully saturated rings. The largest absolute Gasteiger partial charge is 0.229 e. The van der Waals surface area contributed by atoms with Crippen LogP contribution in [0.3, 0.4) is 0 Å². The predicted molar refractivity (Wildman–Crippen MR) is 90.0 cm³/mol. The molecule has 0 heterocycles. The van der Waals surface area contributed by atoms with Crippen molar-refractivity contribution < 1.29 is 8.42 Å². The van der Waals surface area contributed by atoms with Crippen molar-refractivity contribution in [3.63, 3.8) is 0 Å². The zero-order valence-electron chi connectivity index (χ0n) is 14.0. The Balaban J connectivity index is 3.90. The molecule has 0 atom stereocenters. The van der Waals surface area contributed by atoms with Crippen molar-refractivity contribution in [3.05, 3.63) is 0 Å². The number of rotatable bonds is 14. The third-order valence-electron chi connectivity index (χ3n) is 4.06. The van der Waals surface area contributed by atoms with E-state index < -0.39 is 9.84 Å². The van der Waals surface area contributed by atoms with Crippen LogP contribution < -0.4 is 0 Å². The molecule has 0 amide bonds. The normalized spacial score (nSPS) is 12.2. The fourth-order valence-corrected chi connectivity index (χ4v) is 3.48. The molecule has 0 unspecified atom stereocenters. The highest BCUT2D eigenvalue weighted by molar-refractivity contribution is 7.90. The topological polar surface area (TPSA) is 34.1 Å². The Morgan fingerprint density at radius 2 is 1.15 bits per heavy atom. The molecule has 0 aliphatic heterocycles. The molecular formula is C17H36O2S. The van der Waals surface area contributed by atoms with E-state index in [-0.39, 0.29) is 0 Å². The highest BCUT2D eigenvalue weighted by Crippen LogP contribution is 2.23. The van der Waals surface area contributed by atoms with Crippen molar-refractivity contribution in [2.45, 2.75) is 90.9 Å². The van der Waals surface area contributed by atoms with Crippen LogP contribution in [0.15, 0.2) is 0 Å². The summed E-state index contributed by atoms with van der Waals surface area (Å²) in [4.78, 5) is 0. The summed E-state index contributed by atoms with van der Waals surface area (Å²) in [6.45, 7) is 4.49. The van der Waals surface area contributed by atoms with Crippen molar-refractivity contribution in [1.29, 1.82) is 0 Å². The van der Waals surface area contributed by atoms with Gasteiger partial charge in [0.2, 0.25) is 0 Å². The van der Waals surface area contributed by atoms with Gasteiger partial charge in [-0.05, 0) is 18.8 Å². The SMILES string of the molecule is CCCCCCC(CCCCCC)CCCS(C)(=O)=O. The van der Waals surface area contributed by atoms with Gasteiger partial charge in [0.05, 0.1) is 0 Å².